The van der Waals surface area contributed by atoms with Crippen molar-refractivity contribution < 1.29 is 78.8 Å². The number of ether oxygens (including phenoxy) is 2. The van der Waals surface area contributed by atoms with E-state index < -0.39 is 36.7 Å². The molecule has 0 N–H and O–H groups in total. The van der Waals surface area contributed by atoms with Gasteiger partial charge in [0.25, 0.3) is 0 Å². The molecule has 237 valence electrons. The fourth-order valence-electron chi connectivity index (χ4n) is 3.21. The zero-order valence-corrected chi connectivity index (χ0v) is 24.0. The van der Waals surface area contributed by atoms with Crippen LogP contribution in [0.2, 0.25) is 0 Å². The molecular formula is C23H22CuF6N2O8S2. The van der Waals surface area contributed by atoms with E-state index in [1.54, 1.807) is 0 Å². The van der Waals surface area contributed by atoms with Gasteiger partial charge >= 0.3 is 28.1 Å². The normalized spacial score (nSPS) is 18.9. The average Bonchev–Trinajstić information content (AvgIpc) is 3.55. The Balaban J connectivity index is 0.000000432. The fraction of sp³-hybridized carbons (Fsp3) is 0.391. The largest absolute Gasteiger partial charge is 2.00 e. The van der Waals surface area contributed by atoms with Crippen LogP contribution >= 0.6 is 0 Å². The van der Waals surface area contributed by atoms with Gasteiger partial charge in [-0.2, -0.15) is 26.3 Å². The van der Waals surface area contributed by atoms with E-state index in [4.69, 9.17) is 45.4 Å². The Morgan fingerprint density at radius 1 is 0.667 bits per heavy atom. The van der Waals surface area contributed by atoms with Crippen molar-refractivity contribution in [3.05, 3.63) is 71.8 Å². The first-order valence-corrected chi connectivity index (χ1v) is 14.0. The summed E-state index contributed by atoms with van der Waals surface area (Å²) in [5.41, 5.74) is -9.41. The molecule has 0 spiro atoms. The van der Waals surface area contributed by atoms with Crippen molar-refractivity contribution in [1.29, 1.82) is 0 Å². The van der Waals surface area contributed by atoms with E-state index in [0.29, 0.717) is 25.0 Å². The van der Waals surface area contributed by atoms with Gasteiger partial charge in [-0.15, -0.1) is 0 Å². The second kappa shape index (κ2) is 14.2. The zero-order valence-electron chi connectivity index (χ0n) is 21.4. The summed E-state index contributed by atoms with van der Waals surface area (Å²) in [4.78, 5) is 9.61. The minimum Gasteiger partial charge on any atom is -0.741 e. The van der Waals surface area contributed by atoms with E-state index in [-0.39, 0.29) is 29.2 Å². The number of halogens is 6. The molecule has 0 saturated heterocycles. The zero-order chi connectivity index (χ0) is 31.3. The topological polar surface area (TPSA) is 158 Å². The third kappa shape index (κ3) is 10.2. The molecule has 2 heterocycles. The van der Waals surface area contributed by atoms with Gasteiger partial charge in [0.15, 0.2) is 32.0 Å². The van der Waals surface area contributed by atoms with E-state index in [1.165, 1.54) is 11.1 Å². The maximum absolute atomic E-state index is 10.7. The van der Waals surface area contributed by atoms with Gasteiger partial charge in [-0.25, -0.2) is 26.8 Å². The van der Waals surface area contributed by atoms with E-state index in [1.807, 2.05) is 36.4 Å². The summed E-state index contributed by atoms with van der Waals surface area (Å²) in [6.45, 7) is 5.26. The number of rotatable bonds is 4. The minimum absolute atomic E-state index is 0. The SMILES string of the molecule is CC(C)(C1=N[C@H](c2ccccc2)CO1)C1=N[C@H](c2ccccc2)CO1.O=S(=O)([O-])C(F)(F)F.O=S(=O)([O-])C(F)(F)F.[Cu+2]. The van der Waals surface area contributed by atoms with Crippen LogP contribution in [0.1, 0.15) is 37.1 Å². The Morgan fingerprint density at radius 2 is 0.929 bits per heavy atom. The molecule has 0 saturated carbocycles. The van der Waals surface area contributed by atoms with Crippen molar-refractivity contribution in [2.24, 2.45) is 15.4 Å². The molecule has 2 atom stereocenters. The smallest absolute Gasteiger partial charge is 0.741 e. The summed E-state index contributed by atoms with van der Waals surface area (Å²) in [5, 5.41) is 0. The molecule has 42 heavy (non-hydrogen) atoms. The Morgan fingerprint density at radius 3 is 1.17 bits per heavy atom. The van der Waals surface area contributed by atoms with Crippen LogP contribution in [0, 0.1) is 5.41 Å². The molecule has 10 nitrogen and oxygen atoms in total. The van der Waals surface area contributed by atoms with Crippen molar-refractivity contribution in [2.45, 2.75) is 36.9 Å². The van der Waals surface area contributed by atoms with Crippen LogP contribution in [0.15, 0.2) is 70.6 Å². The number of hydrogen-bond acceptors (Lipinski definition) is 10. The van der Waals surface area contributed by atoms with Gasteiger partial charge in [0.2, 0.25) is 0 Å². The van der Waals surface area contributed by atoms with Gasteiger partial charge in [0, 0.05) is 0 Å². The molecule has 0 amide bonds. The van der Waals surface area contributed by atoms with Crippen LogP contribution in [0.4, 0.5) is 26.3 Å². The maximum atomic E-state index is 10.7. The van der Waals surface area contributed by atoms with Crippen LogP contribution in [0.3, 0.4) is 0 Å². The van der Waals surface area contributed by atoms with E-state index in [9.17, 15) is 26.3 Å². The van der Waals surface area contributed by atoms with Crippen molar-refractivity contribution in [3.63, 3.8) is 0 Å². The van der Waals surface area contributed by atoms with Gasteiger partial charge in [-0.1, -0.05) is 60.7 Å². The molecule has 2 aliphatic heterocycles. The molecule has 0 aromatic heterocycles. The van der Waals surface area contributed by atoms with Gasteiger partial charge < -0.3 is 18.6 Å². The van der Waals surface area contributed by atoms with Crippen LogP contribution in [-0.4, -0.2) is 62.0 Å². The Labute approximate surface area is 247 Å². The molecule has 0 aliphatic carbocycles. The first-order valence-electron chi connectivity index (χ1n) is 11.2. The number of benzene rings is 2. The molecule has 2 aliphatic rings. The third-order valence-electron chi connectivity index (χ3n) is 5.31. The molecule has 0 unspecified atom stereocenters. The Hall–Kier alpha value is -2.70. The molecule has 2 aromatic rings. The molecule has 0 fully saturated rings. The van der Waals surface area contributed by atoms with Crippen LogP contribution < -0.4 is 0 Å². The summed E-state index contributed by atoms with van der Waals surface area (Å²) >= 11 is 0. The van der Waals surface area contributed by atoms with Gasteiger partial charge in [-0.05, 0) is 25.0 Å². The minimum atomic E-state index is -6.09. The average molecular weight is 696 g/mol. The van der Waals surface area contributed by atoms with Crippen molar-refractivity contribution in [1.82, 2.24) is 0 Å². The molecular weight excluding hydrogens is 674 g/mol. The second-order valence-corrected chi connectivity index (χ2v) is 11.5. The van der Waals surface area contributed by atoms with E-state index in [2.05, 4.69) is 38.1 Å². The predicted octanol–water partition coefficient (Wildman–Crippen LogP) is 4.45. The maximum Gasteiger partial charge on any atom is 2.00 e. The summed E-state index contributed by atoms with van der Waals surface area (Å²) in [6.07, 6.45) is 0. The predicted molar refractivity (Wildman–Crippen MR) is 130 cm³/mol. The summed E-state index contributed by atoms with van der Waals surface area (Å²) in [6, 6.07) is 20.6. The first kappa shape index (κ1) is 37.3. The number of alkyl halides is 6. The van der Waals surface area contributed by atoms with Crippen molar-refractivity contribution >= 4 is 32.0 Å². The first-order chi connectivity index (χ1) is 18.6. The number of hydrogen-bond donors (Lipinski definition) is 0. The Kier molecular flexibility index (Phi) is 12.6. The van der Waals surface area contributed by atoms with E-state index >= 15 is 0 Å². The Bertz CT molecular complexity index is 1340. The fourth-order valence-corrected chi connectivity index (χ4v) is 3.21. The van der Waals surface area contributed by atoms with Crippen molar-refractivity contribution in [3.8, 4) is 0 Å². The molecule has 0 bridgehead atoms. The number of aliphatic imine (C=N–C) groups is 2. The van der Waals surface area contributed by atoms with Gasteiger partial charge in [0.05, 0.1) is 0 Å². The number of nitrogens with zero attached hydrogens (tertiary/aromatic N) is 2. The monoisotopic (exact) mass is 695 g/mol. The van der Waals surface area contributed by atoms with Crippen molar-refractivity contribution in [2.75, 3.05) is 13.2 Å². The van der Waals surface area contributed by atoms with Crippen LogP contribution in [-0.2, 0) is 46.8 Å². The molecule has 4 rings (SSSR count). The second-order valence-electron chi connectivity index (χ2n) is 8.77. The van der Waals surface area contributed by atoms with Crippen LogP contribution in [0.5, 0.6) is 0 Å². The van der Waals surface area contributed by atoms with Gasteiger partial charge in [-0.3, -0.25) is 0 Å². The standard InChI is InChI=1S/C21H22N2O2.2CHF3O3S.Cu/c1-21(2,19-22-17(13-24-19)15-9-5-3-6-10-15)20-23-18(14-25-20)16-11-7-4-8-12-16;2*2-1(3,4)8(5,6)7;/h3-12,17-18H,13-14H2,1-2H3;2*(H,5,6,7);/q;;;+2/p-2/t17-,18-;;;/m0.../s1. The summed E-state index contributed by atoms with van der Waals surface area (Å²) in [7, 11) is -12.2. The molecule has 2 aromatic carbocycles. The molecule has 19 heteroatoms. The third-order valence-corrected chi connectivity index (χ3v) is 6.44. The van der Waals surface area contributed by atoms with E-state index in [0.717, 1.165) is 0 Å². The summed E-state index contributed by atoms with van der Waals surface area (Å²) in [5.74, 6) is 1.41. The van der Waals surface area contributed by atoms with Gasteiger partial charge in [0.1, 0.15) is 30.7 Å². The molecule has 1 radical (unpaired) electrons. The quantitative estimate of drug-likeness (QED) is 0.196. The van der Waals surface area contributed by atoms with Crippen LogP contribution in [0.25, 0.3) is 0 Å². The summed E-state index contributed by atoms with van der Waals surface area (Å²) < 4.78 is 130.